The smallest absolute Gasteiger partial charge is 0.0297 e. The van der Waals surface area contributed by atoms with E-state index in [1.807, 2.05) is 0 Å². The van der Waals surface area contributed by atoms with Crippen LogP contribution in [-0.4, -0.2) is 11.8 Å². The number of hydrogen-bond donors (Lipinski definition) is 2. The van der Waals surface area contributed by atoms with Crippen LogP contribution >= 0.6 is 11.9 Å². The van der Waals surface area contributed by atoms with E-state index >= 15 is 0 Å². The number of rotatable bonds is 0. The molecule has 1 fully saturated rings. The molecule has 36 valence electrons. The van der Waals surface area contributed by atoms with Gasteiger partial charge in [-0.1, -0.05) is 11.9 Å². The van der Waals surface area contributed by atoms with E-state index in [9.17, 15) is 0 Å². The molecule has 1 rings (SSSR count). The second-order valence-electron chi connectivity index (χ2n) is 1.46. The molecule has 0 unspecified atom stereocenters. The third kappa shape index (κ3) is 0.864. The lowest BCUT2D eigenvalue weighted by atomic mass is 10.4. The minimum atomic E-state index is 0.648. The van der Waals surface area contributed by atoms with E-state index in [1.54, 1.807) is 11.9 Å². The van der Waals surface area contributed by atoms with Crippen molar-refractivity contribution in [2.75, 3.05) is 5.75 Å². The Bertz CT molecular complexity index is 42.1. The third-order valence-corrected chi connectivity index (χ3v) is 1.64. The molecule has 0 saturated carbocycles. The van der Waals surface area contributed by atoms with Gasteiger partial charge in [-0.15, -0.1) is 0 Å². The Labute approximate surface area is 41.8 Å². The standard InChI is InChI=1S/C3H8N2S/c1-3-2-6-5-4-3/h3-5H,2H2,1H3/t3-/m0/s1. The van der Waals surface area contributed by atoms with Crippen LogP contribution in [0.5, 0.6) is 0 Å². The molecule has 3 heteroatoms. The van der Waals surface area contributed by atoms with Crippen LogP contribution in [0.4, 0.5) is 0 Å². The lowest BCUT2D eigenvalue weighted by Crippen LogP contribution is -2.26. The van der Waals surface area contributed by atoms with Gasteiger partial charge in [-0.2, -0.15) is 0 Å². The first kappa shape index (κ1) is 4.43. The van der Waals surface area contributed by atoms with Gasteiger partial charge in [-0.05, 0) is 6.92 Å². The lowest BCUT2D eigenvalue weighted by molar-refractivity contribution is 0.621. The quantitative estimate of drug-likeness (QED) is 0.427. The van der Waals surface area contributed by atoms with Crippen LogP contribution < -0.4 is 10.3 Å². The van der Waals surface area contributed by atoms with Gasteiger partial charge in [0.05, 0.1) is 0 Å². The third-order valence-electron chi connectivity index (χ3n) is 0.711. The monoisotopic (exact) mass is 104 g/mol. The van der Waals surface area contributed by atoms with Crippen LogP contribution in [0.3, 0.4) is 0 Å². The molecule has 0 amide bonds. The van der Waals surface area contributed by atoms with Gasteiger partial charge in [-0.25, -0.2) is 10.3 Å². The zero-order valence-electron chi connectivity index (χ0n) is 3.69. The summed E-state index contributed by atoms with van der Waals surface area (Å²) in [4.78, 5) is 2.94. The maximum Gasteiger partial charge on any atom is 0.0297 e. The minimum Gasteiger partial charge on any atom is -0.244 e. The van der Waals surface area contributed by atoms with Gasteiger partial charge < -0.3 is 0 Å². The van der Waals surface area contributed by atoms with Gasteiger partial charge in [0, 0.05) is 11.8 Å². The molecule has 2 nitrogen and oxygen atoms in total. The van der Waals surface area contributed by atoms with E-state index in [2.05, 4.69) is 17.2 Å². The van der Waals surface area contributed by atoms with E-state index in [-0.39, 0.29) is 0 Å². The summed E-state index contributed by atoms with van der Waals surface area (Å²) < 4.78 is 0. The summed E-state index contributed by atoms with van der Waals surface area (Å²) in [6.45, 7) is 2.15. The fourth-order valence-corrected chi connectivity index (χ4v) is 1.05. The van der Waals surface area contributed by atoms with Crippen LogP contribution in [-0.2, 0) is 0 Å². The molecule has 6 heavy (non-hydrogen) atoms. The SMILES string of the molecule is C[C@H]1CSNN1. The summed E-state index contributed by atoms with van der Waals surface area (Å²) in [6.07, 6.45) is 0. The predicted molar refractivity (Wildman–Crippen MR) is 28.2 cm³/mol. The largest absolute Gasteiger partial charge is 0.244 e. The van der Waals surface area contributed by atoms with Crippen molar-refractivity contribution in [1.82, 2.24) is 10.3 Å². The van der Waals surface area contributed by atoms with Gasteiger partial charge in [0.1, 0.15) is 0 Å². The Hall–Kier alpha value is 0.270. The predicted octanol–water partition coefficient (Wildman–Crippen LogP) is 0.131. The average molecular weight is 104 g/mol. The molecular weight excluding hydrogens is 96.1 g/mol. The summed E-state index contributed by atoms with van der Waals surface area (Å²) in [7, 11) is 0. The summed E-state index contributed by atoms with van der Waals surface area (Å²) in [5, 5.41) is 0. The molecular formula is C3H8N2S. The Morgan fingerprint density at radius 3 is 2.83 bits per heavy atom. The zero-order valence-corrected chi connectivity index (χ0v) is 4.51. The molecule has 1 aliphatic rings. The Balaban J connectivity index is 2.18. The highest BCUT2D eigenvalue weighted by molar-refractivity contribution is 7.97. The fourth-order valence-electron chi connectivity index (χ4n) is 0.351. The molecule has 1 saturated heterocycles. The van der Waals surface area contributed by atoms with Crippen LogP contribution in [0.15, 0.2) is 0 Å². The topological polar surface area (TPSA) is 24.1 Å². The van der Waals surface area contributed by atoms with Gasteiger partial charge in [0.2, 0.25) is 0 Å². The highest BCUT2D eigenvalue weighted by Gasteiger charge is 2.05. The minimum absolute atomic E-state index is 0.648. The van der Waals surface area contributed by atoms with E-state index in [0.29, 0.717) is 6.04 Å². The zero-order chi connectivity index (χ0) is 4.41. The molecule has 1 aliphatic heterocycles. The molecule has 0 bridgehead atoms. The van der Waals surface area contributed by atoms with Crippen LogP contribution in [0.2, 0.25) is 0 Å². The van der Waals surface area contributed by atoms with E-state index < -0.39 is 0 Å². The molecule has 1 atom stereocenters. The van der Waals surface area contributed by atoms with E-state index in [4.69, 9.17) is 0 Å². The summed E-state index contributed by atoms with van der Waals surface area (Å²) in [6, 6.07) is 0.648. The van der Waals surface area contributed by atoms with Gasteiger partial charge >= 0.3 is 0 Å². The van der Waals surface area contributed by atoms with Gasteiger partial charge in [0.25, 0.3) is 0 Å². The molecule has 1 heterocycles. The molecule has 0 aliphatic carbocycles. The first-order chi connectivity index (χ1) is 2.89. The molecule has 0 aromatic carbocycles. The maximum absolute atomic E-state index is 3.03. The Morgan fingerprint density at radius 2 is 2.67 bits per heavy atom. The van der Waals surface area contributed by atoms with Crippen molar-refractivity contribution in [3.05, 3.63) is 0 Å². The Morgan fingerprint density at radius 1 is 1.83 bits per heavy atom. The van der Waals surface area contributed by atoms with Crippen molar-refractivity contribution in [3.63, 3.8) is 0 Å². The summed E-state index contributed by atoms with van der Waals surface area (Å²) in [5.41, 5.74) is 3.03. The van der Waals surface area contributed by atoms with E-state index in [0.717, 1.165) is 0 Å². The molecule has 0 aromatic rings. The number of hydrazine groups is 1. The molecule has 0 radical (unpaired) electrons. The van der Waals surface area contributed by atoms with E-state index in [1.165, 1.54) is 5.75 Å². The maximum atomic E-state index is 3.03. The molecule has 0 spiro atoms. The number of hydrogen-bond acceptors (Lipinski definition) is 3. The van der Waals surface area contributed by atoms with Crippen LogP contribution in [0.1, 0.15) is 6.92 Å². The van der Waals surface area contributed by atoms with Gasteiger partial charge in [-0.3, -0.25) is 0 Å². The average Bonchev–Trinajstić information content (AvgIpc) is 1.86. The fraction of sp³-hybridized carbons (Fsp3) is 1.00. The van der Waals surface area contributed by atoms with Crippen LogP contribution in [0, 0.1) is 0 Å². The summed E-state index contributed by atoms with van der Waals surface area (Å²) >= 11 is 1.72. The lowest BCUT2D eigenvalue weighted by Gasteiger charge is -1.92. The van der Waals surface area contributed by atoms with Crippen molar-refractivity contribution in [2.45, 2.75) is 13.0 Å². The first-order valence-corrected chi connectivity index (χ1v) is 3.00. The molecule has 0 aromatic heterocycles. The van der Waals surface area contributed by atoms with Crippen molar-refractivity contribution >= 4 is 11.9 Å². The van der Waals surface area contributed by atoms with Crippen LogP contribution in [0.25, 0.3) is 0 Å². The second-order valence-corrected chi connectivity index (χ2v) is 2.28. The highest BCUT2D eigenvalue weighted by Crippen LogP contribution is 2.00. The van der Waals surface area contributed by atoms with Crippen molar-refractivity contribution in [2.24, 2.45) is 0 Å². The van der Waals surface area contributed by atoms with Crippen molar-refractivity contribution in [3.8, 4) is 0 Å². The Kier molecular flexibility index (Phi) is 1.34. The van der Waals surface area contributed by atoms with Crippen molar-refractivity contribution in [1.29, 1.82) is 0 Å². The normalized spacial score (nSPS) is 34.5. The number of nitrogens with one attached hydrogen (secondary N) is 2. The highest BCUT2D eigenvalue weighted by atomic mass is 32.2. The van der Waals surface area contributed by atoms with Crippen molar-refractivity contribution < 1.29 is 0 Å². The molecule has 2 N–H and O–H groups in total. The second kappa shape index (κ2) is 1.82. The summed E-state index contributed by atoms with van der Waals surface area (Å²) in [5.74, 6) is 1.18. The van der Waals surface area contributed by atoms with Gasteiger partial charge in [0.15, 0.2) is 0 Å². The first-order valence-electron chi connectivity index (χ1n) is 2.02.